The summed E-state index contributed by atoms with van der Waals surface area (Å²) in [4.78, 5) is 35.2. The van der Waals surface area contributed by atoms with Gasteiger partial charge in [-0.2, -0.15) is 0 Å². The van der Waals surface area contributed by atoms with Gasteiger partial charge in [0.1, 0.15) is 11.5 Å². The van der Waals surface area contributed by atoms with E-state index < -0.39 is 18.5 Å². The topological polar surface area (TPSA) is 103 Å². The van der Waals surface area contributed by atoms with Crippen LogP contribution in [0.15, 0.2) is 48.5 Å². The number of hydrogen-bond donors (Lipinski definition) is 2. The third kappa shape index (κ3) is 6.64. The predicted molar refractivity (Wildman–Crippen MR) is 103 cm³/mol. The zero-order valence-corrected chi connectivity index (χ0v) is 15.7. The van der Waals surface area contributed by atoms with Crippen molar-refractivity contribution >= 4 is 23.5 Å². The zero-order chi connectivity index (χ0) is 20.4. The van der Waals surface area contributed by atoms with E-state index in [0.29, 0.717) is 29.4 Å². The average Bonchev–Trinajstić information content (AvgIpc) is 2.71. The fourth-order valence-corrected chi connectivity index (χ4v) is 2.21. The molecule has 0 aliphatic rings. The molecule has 0 unspecified atom stereocenters. The van der Waals surface area contributed by atoms with Crippen molar-refractivity contribution in [1.29, 1.82) is 0 Å². The Hall–Kier alpha value is -3.55. The van der Waals surface area contributed by atoms with Gasteiger partial charge in [0.25, 0.3) is 11.8 Å². The van der Waals surface area contributed by atoms with Gasteiger partial charge in [0, 0.05) is 18.3 Å². The molecule has 0 bridgehead atoms. The SMILES string of the molecule is CCOc1ccc(OCC(=O)OCC(=O)Nc2cccc(C(=O)NC)c2)cc1. The fourth-order valence-electron chi connectivity index (χ4n) is 2.21. The quantitative estimate of drug-likeness (QED) is 0.639. The van der Waals surface area contributed by atoms with E-state index in [1.54, 1.807) is 42.5 Å². The van der Waals surface area contributed by atoms with Gasteiger partial charge in [0.2, 0.25) is 0 Å². The molecule has 0 aliphatic heterocycles. The highest BCUT2D eigenvalue weighted by Crippen LogP contribution is 2.17. The molecule has 2 N–H and O–H groups in total. The number of benzene rings is 2. The van der Waals surface area contributed by atoms with Crippen molar-refractivity contribution in [3.05, 3.63) is 54.1 Å². The summed E-state index contributed by atoms with van der Waals surface area (Å²) in [5.41, 5.74) is 0.828. The first-order valence-corrected chi connectivity index (χ1v) is 8.65. The second-order valence-electron chi connectivity index (χ2n) is 5.56. The maximum absolute atomic E-state index is 11.9. The molecule has 0 aromatic heterocycles. The largest absolute Gasteiger partial charge is 0.494 e. The zero-order valence-electron chi connectivity index (χ0n) is 15.7. The molecule has 2 aromatic carbocycles. The van der Waals surface area contributed by atoms with Crippen molar-refractivity contribution in [3.63, 3.8) is 0 Å². The second kappa shape index (κ2) is 10.6. The van der Waals surface area contributed by atoms with E-state index in [1.807, 2.05) is 6.92 Å². The van der Waals surface area contributed by atoms with E-state index in [-0.39, 0.29) is 12.5 Å². The van der Waals surface area contributed by atoms with Gasteiger partial charge in [0.15, 0.2) is 13.2 Å². The normalized spacial score (nSPS) is 9.93. The summed E-state index contributed by atoms with van der Waals surface area (Å²) in [5.74, 6) is -0.286. The summed E-state index contributed by atoms with van der Waals surface area (Å²) < 4.78 is 15.5. The average molecular weight is 386 g/mol. The van der Waals surface area contributed by atoms with Crippen molar-refractivity contribution in [3.8, 4) is 11.5 Å². The Morgan fingerprint density at radius 2 is 1.61 bits per heavy atom. The highest BCUT2D eigenvalue weighted by Gasteiger charge is 2.10. The van der Waals surface area contributed by atoms with Gasteiger partial charge >= 0.3 is 5.97 Å². The molecule has 0 fully saturated rings. The first kappa shape index (κ1) is 20.8. The molecule has 28 heavy (non-hydrogen) atoms. The minimum Gasteiger partial charge on any atom is -0.494 e. The van der Waals surface area contributed by atoms with E-state index in [1.165, 1.54) is 13.1 Å². The fraction of sp³-hybridized carbons (Fsp3) is 0.250. The van der Waals surface area contributed by atoms with E-state index in [2.05, 4.69) is 10.6 Å². The Labute approximate surface area is 162 Å². The van der Waals surface area contributed by atoms with Crippen LogP contribution in [-0.2, 0) is 14.3 Å². The van der Waals surface area contributed by atoms with Crippen LogP contribution in [0.4, 0.5) is 5.69 Å². The maximum atomic E-state index is 11.9. The molecule has 0 spiro atoms. The Kier molecular flexibility index (Phi) is 7.83. The van der Waals surface area contributed by atoms with Gasteiger partial charge < -0.3 is 24.8 Å². The van der Waals surface area contributed by atoms with Crippen LogP contribution >= 0.6 is 0 Å². The Bertz CT molecular complexity index is 820. The summed E-state index contributed by atoms with van der Waals surface area (Å²) in [5, 5.41) is 5.05. The molecule has 148 valence electrons. The van der Waals surface area contributed by atoms with Crippen molar-refractivity contribution in [2.45, 2.75) is 6.92 Å². The minimum atomic E-state index is -0.678. The van der Waals surface area contributed by atoms with Crippen molar-refractivity contribution < 1.29 is 28.6 Å². The molecule has 2 amide bonds. The lowest BCUT2D eigenvalue weighted by Gasteiger charge is -2.09. The van der Waals surface area contributed by atoms with Crippen LogP contribution in [0, 0.1) is 0 Å². The molecule has 8 nitrogen and oxygen atoms in total. The number of hydrogen-bond acceptors (Lipinski definition) is 6. The predicted octanol–water partition coefficient (Wildman–Crippen LogP) is 2.01. The maximum Gasteiger partial charge on any atom is 0.344 e. The standard InChI is InChI=1S/C20H22N2O6/c1-3-26-16-7-9-17(10-8-16)27-13-19(24)28-12-18(23)22-15-6-4-5-14(11-15)20(25)21-2/h4-11H,3,12-13H2,1-2H3,(H,21,25)(H,22,23). The summed E-state index contributed by atoms with van der Waals surface area (Å²) in [7, 11) is 1.52. The van der Waals surface area contributed by atoms with Crippen molar-refractivity contribution in [1.82, 2.24) is 5.32 Å². The van der Waals surface area contributed by atoms with Gasteiger partial charge in [-0.1, -0.05) is 6.07 Å². The number of carbonyl (C=O) groups excluding carboxylic acids is 3. The summed E-state index contributed by atoms with van der Waals surface area (Å²) >= 11 is 0. The summed E-state index contributed by atoms with van der Waals surface area (Å²) in [6.45, 7) is 1.66. The third-order valence-corrected chi connectivity index (χ3v) is 3.49. The first-order valence-electron chi connectivity index (χ1n) is 8.65. The van der Waals surface area contributed by atoms with Crippen LogP contribution in [0.5, 0.6) is 11.5 Å². The van der Waals surface area contributed by atoms with Gasteiger partial charge in [-0.05, 0) is 49.4 Å². The lowest BCUT2D eigenvalue weighted by Crippen LogP contribution is -2.24. The molecule has 0 heterocycles. The number of amides is 2. The number of carbonyl (C=O) groups is 3. The first-order chi connectivity index (χ1) is 13.5. The molecular weight excluding hydrogens is 364 g/mol. The van der Waals surface area contributed by atoms with Crippen LogP contribution in [0.2, 0.25) is 0 Å². The molecule has 0 atom stereocenters. The van der Waals surface area contributed by atoms with Crippen LogP contribution < -0.4 is 20.1 Å². The highest BCUT2D eigenvalue weighted by molar-refractivity contribution is 5.97. The number of rotatable bonds is 9. The van der Waals surface area contributed by atoms with Gasteiger partial charge in [-0.25, -0.2) is 4.79 Å². The van der Waals surface area contributed by atoms with Crippen molar-refractivity contribution in [2.24, 2.45) is 0 Å². The highest BCUT2D eigenvalue weighted by atomic mass is 16.6. The lowest BCUT2D eigenvalue weighted by molar-refractivity contribution is -0.149. The molecule has 0 radical (unpaired) electrons. The van der Waals surface area contributed by atoms with Crippen LogP contribution in [0.1, 0.15) is 17.3 Å². The number of anilines is 1. The Morgan fingerprint density at radius 1 is 0.929 bits per heavy atom. The van der Waals surface area contributed by atoms with Gasteiger partial charge in [0.05, 0.1) is 6.61 Å². The van der Waals surface area contributed by atoms with Crippen LogP contribution in [-0.4, -0.2) is 44.7 Å². The van der Waals surface area contributed by atoms with E-state index in [4.69, 9.17) is 14.2 Å². The Balaban J connectivity index is 1.74. The smallest absolute Gasteiger partial charge is 0.344 e. The van der Waals surface area contributed by atoms with E-state index >= 15 is 0 Å². The van der Waals surface area contributed by atoms with Gasteiger partial charge in [-0.15, -0.1) is 0 Å². The van der Waals surface area contributed by atoms with Crippen molar-refractivity contribution in [2.75, 3.05) is 32.2 Å². The lowest BCUT2D eigenvalue weighted by atomic mass is 10.2. The molecule has 0 saturated carbocycles. The monoisotopic (exact) mass is 386 g/mol. The second-order valence-corrected chi connectivity index (χ2v) is 5.56. The molecular formula is C20H22N2O6. The molecule has 0 aliphatic carbocycles. The van der Waals surface area contributed by atoms with Crippen LogP contribution in [0.3, 0.4) is 0 Å². The number of nitrogens with one attached hydrogen (secondary N) is 2. The molecule has 2 rings (SSSR count). The molecule has 2 aromatic rings. The molecule has 8 heteroatoms. The number of esters is 1. The van der Waals surface area contributed by atoms with Gasteiger partial charge in [-0.3, -0.25) is 9.59 Å². The number of ether oxygens (including phenoxy) is 3. The summed E-state index contributed by atoms with van der Waals surface area (Å²) in [6.07, 6.45) is 0. The molecule has 0 saturated heterocycles. The van der Waals surface area contributed by atoms with Crippen LogP contribution in [0.25, 0.3) is 0 Å². The van der Waals surface area contributed by atoms with E-state index in [9.17, 15) is 14.4 Å². The minimum absolute atomic E-state index is 0.269. The summed E-state index contributed by atoms with van der Waals surface area (Å²) in [6, 6.07) is 13.2. The Morgan fingerprint density at radius 3 is 2.25 bits per heavy atom. The van der Waals surface area contributed by atoms with E-state index in [0.717, 1.165) is 0 Å². The third-order valence-electron chi connectivity index (χ3n) is 3.49.